The van der Waals surface area contributed by atoms with Crippen LogP contribution in [-0.4, -0.2) is 27.3 Å². The van der Waals surface area contributed by atoms with Crippen molar-refractivity contribution in [2.75, 3.05) is 21.3 Å². The third kappa shape index (κ3) is 12.4. The van der Waals surface area contributed by atoms with Crippen LogP contribution < -0.4 is 0 Å². The second-order valence-electron chi connectivity index (χ2n) is 10.0. The number of ether oxygens (including phenoxy) is 3. The molecule has 0 aromatic carbocycles. The normalized spacial score (nSPS) is 12.6. The van der Waals surface area contributed by atoms with Crippen LogP contribution in [0, 0.1) is 5.41 Å². The number of unbranched alkanes of at least 4 members (excludes halogenated alkanes) is 15. The fourth-order valence-electron chi connectivity index (χ4n) is 5.46. The highest BCUT2D eigenvalue weighted by Gasteiger charge is 2.52. The highest BCUT2D eigenvalue weighted by molar-refractivity contribution is 4.89. The van der Waals surface area contributed by atoms with Crippen LogP contribution in [0.4, 0.5) is 0 Å². The minimum atomic E-state index is -0.927. The van der Waals surface area contributed by atoms with Crippen molar-refractivity contribution in [2.24, 2.45) is 5.41 Å². The molecule has 0 aliphatic heterocycles. The van der Waals surface area contributed by atoms with Crippen LogP contribution in [0.3, 0.4) is 0 Å². The first-order valence-electron chi connectivity index (χ1n) is 14.3. The average Bonchev–Trinajstić information content (AvgIpc) is 2.82. The molecular formula is C29H60O3. The summed E-state index contributed by atoms with van der Waals surface area (Å²) in [5.74, 6) is -0.927. The van der Waals surface area contributed by atoms with E-state index in [2.05, 4.69) is 20.8 Å². The largest absolute Gasteiger partial charge is 0.330 e. The Morgan fingerprint density at radius 3 is 0.875 bits per heavy atom. The Morgan fingerprint density at radius 2 is 0.625 bits per heavy atom. The lowest BCUT2D eigenvalue weighted by molar-refractivity contribution is -0.411. The molecule has 0 unspecified atom stereocenters. The minimum Gasteiger partial charge on any atom is -0.330 e. The van der Waals surface area contributed by atoms with Gasteiger partial charge in [0, 0.05) is 21.3 Å². The maximum absolute atomic E-state index is 6.04. The molecule has 0 spiro atoms. The van der Waals surface area contributed by atoms with E-state index in [0.717, 1.165) is 19.3 Å². The number of methoxy groups -OCH3 is 3. The maximum atomic E-state index is 6.04. The quantitative estimate of drug-likeness (QED) is 0.101. The first kappa shape index (κ1) is 31.9. The number of rotatable bonds is 25. The summed E-state index contributed by atoms with van der Waals surface area (Å²) in [4.78, 5) is 0. The van der Waals surface area contributed by atoms with Gasteiger partial charge < -0.3 is 14.2 Å². The molecule has 0 saturated carbocycles. The Balaban J connectivity index is 5.22. The molecule has 0 radical (unpaired) electrons. The molecule has 0 aromatic rings. The SMILES string of the molecule is CCCCCCCCC(CCCCCCCC)(CCCCCCCC)C(OC)(OC)OC. The molecule has 0 bridgehead atoms. The fourth-order valence-corrected chi connectivity index (χ4v) is 5.46. The lowest BCUT2D eigenvalue weighted by Crippen LogP contribution is -2.53. The molecular weight excluding hydrogens is 396 g/mol. The molecule has 0 amide bonds. The Morgan fingerprint density at radius 1 is 0.375 bits per heavy atom. The van der Waals surface area contributed by atoms with Gasteiger partial charge in [-0.1, -0.05) is 136 Å². The van der Waals surface area contributed by atoms with Crippen molar-refractivity contribution in [1.82, 2.24) is 0 Å². The van der Waals surface area contributed by atoms with Gasteiger partial charge in [-0.25, -0.2) is 0 Å². The van der Waals surface area contributed by atoms with Crippen LogP contribution in [0.5, 0.6) is 0 Å². The molecule has 0 heterocycles. The van der Waals surface area contributed by atoms with E-state index < -0.39 is 5.97 Å². The molecule has 3 nitrogen and oxygen atoms in total. The van der Waals surface area contributed by atoms with Gasteiger partial charge in [0.15, 0.2) is 0 Å². The standard InChI is InChI=1S/C29H60O3/c1-7-10-13-16-19-22-25-28(29(30-4,31-5)32-6,26-23-20-17-14-11-8-2)27-24-21-18-15-12-9-3/h7-27H2,1-6H3. The van der Waals surface area contributed by atoms with Crippen molar-refractivity contribution in [3.8, 4) is 0 Å². The van der Waals surface area contributed by atoms with E-state index >= 15 is 0 Å². The van der Waals surface area contributed by atoms with E-state index in [0.29, 0.717) is 0 Å². The van der Waals surface area contributed by atoms with E-state index in [1.165, 1.54) is 116 Å². The summed E-state index contributed by atoms with van der Waals surface area (Å²) in [6.45, 7) is 6.86. The number of hydrogen-bond donors (Lipinski definition) is 0. The highest BCUT2D eigenvalue weighted by Crippen LogP contribution is 2.49. The summed E-state index contributed by atoms with van der Waals surface area (Å²) in [6.07, 6.45) is 27.2. The van der Waals surface area contributed by atoms with Gasteiger partial charge in [-0.15, -0.1) is 0 Å². The molecule has 0 aliphatic carbocycles. The summed E-state index contributed by atoms with van der Waals surface area (Å²) >= 11 is 0. The van der Waals surface area contributed by atoms with Crippen molar-refractivity contribution in [1.29, 1.82) is 0 Å². The van der Waals surface area contributed by atoms with Gasteiger partial charge in [0.05, 0.1) is 5.41 Å². The molecule has 0 fully saturated rings. The third-order valence-corrected chi connectivity index (χ3v) is 7.48. The Kier molecular flexibility index (Phi) is 21.3. The zero-order valence-electron chi connectivity index (χ0n) is 23.1. The van der Waals surface area contributed by atoms with Gasteiger partial charge in [0.25, 0.3) is 5.97 Å². The van der Waals surface area contributed by atoms with Gasteiger partial charge in [-0.2, -0.15) is 0 Å². The first-order valence-corrected chi connectivity index (χ1v) is 14.3. The Labute approximate surface area is 202 Å². The smallest absolute Gasteiger partial charge is 0.288 e. The van der Waals surface area contributed by atoms with Gasteiger partial charge >= 0.3 is 0 Å². The second-order valence-corrected chi connectivity index (χ2v) is 10.0. The average molecular weight is 457 g/mol. The lowest BCUT2D eigenvalue weighted by atomic mass is 9.71. The summed E-state index contributed by atoms with van der Waals surface area (Å²) < 4.78 is 18.1. The zero-order valence-corrected chi connectivity index (χ0v) is 23.1. The topological polar surface area (TPSA) is 27.7 Å². The van der Waals surface area contributed by atoms with E-state index in [4.69, 9.17) is 14.2 Å². The van der Waals surface area contributed by atoms with Crippen LogP contribution in [0.2, 0.25) is 0 Å². The summed E-state index contributed by atoms with van der Waals surface area (Å²) in [5, 5.41) is 0. The van der Waals surface area contributed by atoms with Gasteiger partial charge in [-0.3, -0.25) is 0 Å². The van der Waals surface area contributed by atoms with E-state index in [1.807, 2.05) is 0 Å². The monoisotopic (exact) mass is 456 g/mol. The van der Waals surface area contributed by atoms with Crippen molar-refractivity contribution in [3.63, 3.8) is 0 Å². The van der Waals surface area contributed by atoms with Crippen LogP contribution in [-0.2, 0) is 14.2 Å². The summed E-state index contributed by atoms with van der Waals surface area (Å²) in [6, 6.07) is 0. The Bertz CT molecular complexity index is 330. The first-order chi connectivity index (χ1) is 15.6. The third-order valence-electron chi connectivity index (χ3n) is 7.48. The highest BCUT2D eigenvalue weighted by atomic mass is 16.9. The molecule has 32 heavy (non-hydrogen) atoms. The van der Waals surface area contributed by atoms with Crippen LogP contribution in [0.25, 0.3) is 0 Å². The molecule has 0 saturated heterocycles. The van der Waals surface area contributed by atoms with E-state index in [9.17, 15) is 0 Å². The van der Waals surface area contributed by atoms with Gasteiger partial charge in [0.2, 0.25) is 0 Å². The summed E-state index contributed by atoms with van der Waals surface area (Å²) in [7, 11) is 5.31. The fraction of sp³-hybridized carbons (Fsp3) is 1.00. The predicted octanol–water partition coefficient (Wildman–Crippen LogP) is 9.82. The van der Waals surface area contributed by atoms with Crippen molar-refractivity contribution >= 4 is 0 Å². The van der Waals surface area contributed by atoms with Gasteiger partial charge in [-0.05, 0) is 19.3 Å². The molecule has 0 atom stereocenters. The van der Waals surface area contributed by atoms with Crippen LogP contribution >= 0.6 is 0 Å². The minimum absolute atomic E-state index is 0.0640. The van der Waals surface area contributed by atoms with Crippen molar-refractivity contribution in [3.05, 3.63) is 0 Å². The number of hydrogen-bond acceptors (Lipinski definition) is 3. The molecule has 0 aromatic heterocycles. The summed E-state index contributed by atoms with van der Waals surface area (Å²) in [5.41, 5.74) is -0.0640. The lowest BCUT2D eigenvalue weighted by Gasteiger charge is -2.47. The molecule has 194 valence electrons. The van der Waals surface area contributed by atoms with E-state index in [-0.39, 0.29) is 5.41 Å². The molecule has 0 rings (SSSR count). The van der Waals surface area contributed by atoms with Crippen molar-refractivity contribution in [2.45, 2.75) is 162 Å². The van der Waals surface area contributed by atoms with Crippen molar-refractivity contribution < 1.29 is 14.2 Å². The maximum Gasteiger partial charge on any atom is 0.288 e. The Hall–Kier alpha value is -0.120. The van der Waals surface area contributed by atoms with Gasteiger partial charge in [0.1, 0.15) is 0 Å². The molecule has 0 aliphatic rings. The zero-order chi connectivity index (χ0) is 24.0. The molecule has 3 heteroatoms. The molecule has 0 N–H and O–H groups in total. The predicted molar refractivity (Wildman–Crippen MR) is 140 cm³/mol. The second kappa shape index (κ2) is 21.4. The van der Waals surface area contributed by atoms with E-state index in [1.54, 1.807) is 21.3 Å². The van der Waals surface area contributed by atoms with Crippen LogP contribution in [0.1, 0.15) is 156 Å². The van der Waals surface area contributed by atoms with Crippen LogP contribution in [0.15, 0.2) is 0 Å².